The van der Waals surface area contributed by atoms with Crippen LogP contribution in [-0.4, -0.2) is 4.57 Å². The van der Waals surface area contributed by atoms with E-state index < -0.39 is 0 Å². The molecule has 10 rings (SSSR count). The van der Waals surface area contributed by atoms with E-state index >= 15 is 0 Å². The lowest BCUT2D eigenvalue weighted by Crippen LogP contribution is -2.10. The second-order valence-electron chi connectivity index (χ2n) is 13.0. The average Bonchev–Trinajstić information content (AvgIpc) is 3.54. The fraction of sp³-hybridized carbons (Fsp3) is 0. The third-order valence-corrected chi connectivity index (χ3v) is 10.1. The van der Waals surface area contributed by atoms with Crippen molar-refractivity contribution < 1.29 is 0 Å². The first-order valence-electron chi connectivity index (χ1n) is 17.2. The Labute approximate surface area is 290 Å². The maximum atomic E-state index is 2.41. The van der Waals surface area contributed by atoms with Crippen LogP contribution in [0.5, 0.6) is 0 Å². The molecular weight excluding hydrogens is 605 g/mol. The molecule has 0 spiro atoms. The SMILES string of the molecule is c1ccc(-c2cccc(N(c3ccc(-n4c5ccccc5c5c6ccccc6ccc54)cc3)c3ccc4ccc5ccccc5c4c3)c2)cc1. The lowest BCUT2D eigenvalue weighted by molar-refractivity contribution is 1.17. The first-order valence-corrected chi connectivity index (χ1v) is 17.2. The van der Waals surface area contributed by atoms with E-state index in [0.29, 0.717) is 0 Å². The molecule has 50 heavy (non-hydrogen) atoms. The first kappa shape index (κ1) is 28.4. The highest BCUT2D eigenvalue weighted by atomic mass is 15.1. The molecule has 2 heteroatoms. The number of nitrogens with zero attached hydrogens (tertiary/aromatic N) is 2. The molecule has 0 radical (unpaired) electrons. The Morgan fingerprint density at radius 3 is 1.72 bits per heavy atom. The van der Waals surface area contributed by atoms with Crippen molar-refractivity contribution in [2.24, 2.45) is 0 Å². The molecule has 0 N–H and O–H groups in total. The zero-order valence-corrected chi connectivity index (χ0v) is 27.4. The summed E-state index contributed by atoms with van der Waals surface area (Å²) in [6, 6.07) is 70.5. The van der Waals surface area contributed by atoms with Gasteiger partial charge in [0.1, 0.15) is 0 Å². The highest BCUT2D eigenvalue weighted by Crippen LogP contribution is 2.41. The van der Waals surface area contributed by atoms with Crippen molar-refractivity contribution in [2.45, 2.75) is 0 Å². The van der Waals surface area contributed by atoms with E-state index in [2.05, 4.69) is 204 Å². The molecule has 0 saturated carbocycles. The first-order chi connectivity index (χ1) is 24.8. The minimum atomic E-state index is 1.10. The summed E-state index contributed by atoms with van der Waals surface area (Å²) in [4.78, 5) is 2.39. The standard InChI is InChI=1S/C48H32N2/c1-2-11-33(12-3-1)37-15-10-16-40(31-37)49(41-25-23-36-22-21-34-13-4-6-17-42(34)45(36)32-41)38-26-28-39(29-27-38)50-46-20-9-8-19-44(46)48-43-18-7-5-14-35(43)24-30-47(48)50/h1-32H. The van der Waals surface area contributed by atoms with Gasteiger partial charge in [0.25, 0.3) is 0 Å². The second kappa shape index (κ2) is 11.5. The Bertz CT molecular complexity index is 2860. The fourth-order valence-electron chi connectivity index (χ4n) is 7.80. The normalized spacial score (nSPS) is 11.6. The molecule has 2 nitrogen and oxygen atoms in total. The number of benzene rings is 9. The van der Waals surface area contributed by atoms with Crippen LogP contribution < -0.4 is 4.90 Å². The fourth-order valence-corrected chi connectivity index (χ4v) is 7.80. The summed E-state index contributed by atoms with van der Waals surface area (Å²) >= 11 is 0. The van der Waals surface area contributed by atoms with Crippen LogP contribution in [0, 0.1) is 0 Å². The number of rotatable bonds is 5. The molecular formula is C48H32N2. The van der Waals surface area contributed by atoms with Crippen LogP contribution in [0.2, 0.25) is 0 Å². The topological polar surface area (TPSA) is 8.17 Å². The van der Waals surface area contributed by atoms with E-state index in [0.717, 1.165) is 22.7 Å². The third-order valence-electron chi connectivity index (χ3n) is 10.1. The van der Waals surface area contributed by atoms with Crippen LogP contribution >= 0.6 is 0 Å². The van der Waals surface area contributed by atoms with Crippen molar-refractivity contribution in [3.8, 4) is 16.8 Å². The molecule has 0 fully saturated rings. The van der Waals surface area contributed by atoms with Gasteiger partial charge in [0, 0.05) is 33.5 Å². The lowest BCUT2D eigenvalue weighted by Gasteiger charge is -2.27. The summed E-state index contributed by atoms with van der Waals surface area (Å²) < 4.78 is 2.41. The lowest BCUT2D eigenvalue weighted by atomic mass is 10.0. The van der Waals surface area contributed by atoms with E-state index in [1.165, 1.54) is 65.3 Å². The summed E-state index contributed by atoms with van der Waals surface area (Å²) in [7, 11) is 0. The maximum Gasteiger partial charge on any atom is 0.0547 e. The molecule has 234 valence electrons. The molecule has 0 unspecified atom stereocenters. The summed E-state index contributed by atoms with van der Waals surface area (Å²) in [6.45, 7) is 0. The quantitative estimate of drug-likeness (QED) is 0.171. The molecule has 0 aliphatic heterocycles. The van der Waals surface area contributed by atoms with E-state index in [1.54, 1.807) is 0 Å². The van der Waals surface area contributed by atoms with Gasteiger partial charge in [0.15, 0.2) is 0 Å². The Kier molecular flexibility index (Phi) is 6.53. The van der Waals surface area contributed by atoms with Crippen molar-refractivity contribution in [2.75, 3.05) is 4.90 Å². The number of anilines is 3. The number of aromatic nitrogens is 1. The highest BCUT2D eigenvalue weighted by molar-refractivity contribution is 6.21. The van der Waals surface area contributed by atoms with Gasteiger partial charge in [-0.15, -0.1) is 0 Å². The van der Waals surface area contributed by atoms with Crippen molar-refractivity contribution >= 4 is 71.2 Å². The zero-order chi connectivity index (χ0) is 33.0. The van der Waals surface area contributed by atoms with Crippen LogP contribution in [0.25, 0.3) is 70.9 Å². The van der Waals surface area contributed by atoms with Crippen molar-refractivity contribution in [3.05, 3.63) is 194 Å². The molecule has 10 aromatic rings. The molecule has 0 amide bonds. The smallest absolute Gasteiger partial charge is 0.0547 e. The van der Waals surface area contributed by atoms with Gasteiger partial charge in [-0.1, -0.05) is 133 Å². The molecule has 0 saturated heterocycles. The maximum absolute atomic E-state index is 2.41. The Morgan fingerprint density at radius 2 is 0.900 bits per heavy atom. The van der Waals surface area contributed by atoms with Gasteiger partial charge in [0.2, 0.25) is 0 Å². The molecule has 9 aromatic carbocycles. The second-order valence-corrected chi connectivity index (χ2v) is 13.0. The Morgan fingerprint density at radius 1 is 0.320 bits per heavy atom. The van der Waals surface area contributed by atoms with Crippen molar-refractivity contribution in [1.82, 2.24) is 4.57 Å². The van der Waals surface area contributed by atoms with E-state index in [9.17, 15) is 0 Å². The molecule has 1 aromatic heterocycles. The minimum Gasteiger partial charge on any atom is -0.310 e. The number of hydrogen-bond acceptors (Lipinski definition) is 1. The predicted octanol–water partition coefficient (Wildman–Crippen LogP) is 13.4. The van der Waals surface area contributed by atoms with Gasteiger partial charge in [-0.3, -0.25) is 0 Å². The van der Waals surface area contributed by atoms with Crippen molar-refractivity contribution in [1.29, 1.82) is 0 Å². The van der Waals surface area contributed by atoms with Crippen LogP contribution in [0.15, 0.2) is 194 Å². The van der Waals surface area contributed by atoms with Gasteiger partial charge in [-0.05, 0) is 104 Å². The summed E-state index contributed by atoms with van der Waals surface area (Å²) in [6.07, 6.45) is 0. The largest absolute Gasteiger partial charge is 0.310 e. The van der Waals surface area contributed by atoms with Gasteiger partial charge in [0.05, 0.1) is 11.0 Å². The van der Waals surface area contributed by atoms with Gasteiger partial charge >= 0.3 is 0 Å². The van der Waals surface area contributed by atoms with Gasteiger partial charge in [-0.25, -0.2) is 0 Å². The number of hydrogen-bond donors (Lipinski definition) is 0. The van der Waals surface area contributed by atoms with Crippen LogP contribution in [0.4, 0.5) is 17.1 Å². The summed E-state index contributed by atoms with van der Waals surface area (Å²) in [5.74, 6) is 0. The summed E-state index contributed by atoms with van der Waals surface area (Å²) in [5.41, 5.74) is 9.29. The number of para-hydroxylation sites is 1. The van der Waals surface area contributed by atoms with Crippen LogP contribution in [-0.2, 0) is 0 Å². The van der Waals surface area contributed by atoms with Crippen molar-refractivity contribution in [3.63, 3.8) is 0 Å². The van der Waals surface area contributed by atoms with E-state index in [4.69, 9.17) is 0 Å². The zero-order valence-electron chi connectivity index (χ0n) is 27.4. The van der Waals surface area contributed by atoms with Crippen LogP contribution in [0.3, 0.4) is 0 Å². The molecule has 0 atom stereocenters. The number of fused-ring (bicyclic) bond motifs is 8. The monoisotopic (exact) mass is 636 g/mol. The molecule has 0 aliphatic rings. The molecule has 1 heterocycles. The van der Waals surface area contributed by atoms with E-state index in [-0.39, 0.29) is 0 Å². The molecule has 0 aliphatic carbocycles. The highest BCUT2D eigenvalue weighted by Gasteiger charge is 2.18. The Hall–Kier alpha value is -6.64. The van der Waals surface area contributed by atoms with Crippen LogP contribution in [0.1, 0.15) is 0 Å². The average molecular weight is 637 g/mol. The minimum absolute atomic E-state index is 1.10. The Balaban J connectivity index is 1.16. The molecule has 0 bridgehead atoms. The predicted molar refractivity (Wildman–Crippen MR) is 213 cm³/mol. The van der Waals surface area contributed by atoms with E-state index in [1.807, 2.05) is 0 Å². The van der Waals surface area contributed by atoms with Gasteiger partial charge < -0.3 is 9.47 Å². The summed E-state index contributed by atoms with van der Waals surface area (Å²) in [5, 5.41) is 10.1. The third kappa shape index (κ3) is 4.57. The van der Waals surface area contributed by atoms with Gasteiger partial charge in [-0.2, -0.15) is 0 Å².